The van der Waals surface area contributed by atoms with E-state index in [1.807, 2.05) is 6.08 Å². The molecule has 0 unspecified atom stereocenters. The summed E-state index contributed by atoms with van der Waals surface area (Å²) in [5.74, 6) is -0.145. The van der Waals surface area contributed by atoms with Gasteiger partial charge in [-0.3, -0.25) is 4.79 Å². The lowest BCUT2D eigenvalue weighted by Gasteiger charge is -2.74. The average molecular weight is 489 g/mol. The first-order chi connectivity index (χ1) is 16.0. The third kappa shape index (κ3) is 2.79. The lowest BCUT2D eigenvalue weighted by atomic mass is 9.31. The maximum atomic E-state index is 12.8. The van der Waals surface area contributed by atoms with Gasteiger partial charge in [-0.15, -0.1) is 0 Å². The van der Waals surface area contributed by atoms with Crippen LogP contribution in [0.2, 0.25) is 0 Å². The van der Waals surface area contributed by atoms with Crippen molar-refractivity contribution in [3.05, 3.63) is 12.2 Å². The van der Waals surface area contributed by atoms with E-state index in [0.29, 0.717) is 31.6 Å². The van der Waals surface area contributed by atoms with Crippen LogP contribution in [-0.4, -0.2) is 44.2 Å². The molecule has 0 heterocycles. The molecule has 0 aromatic carbocycles. The van der Waals surface area contributed by atoms with Crippen molar-refractivity contribution in [2.45, 2.75) is 111 Å². The van der Waals surface area contributed by atoms with Crippen molar-refractivity contribution in [3.63, 3.8) is 0 Å². The second kappa shape index (κ2) is 7.35. The largest absolute Gasteiger partial charge is 0.481 e. The van der Waals surface area contributed by atoms with E-state index in [9.17, 15) is 25.2 Å². The van der Waals surface area contributed by atoms with Gasteiger partial charge in [0.25, 0.3) is 0 Å². The molecule has 4 saturated carbocycles. The molecule has 4 N–H and O–H groups in total. The van der Waals surface area contributed by atoms with E-state index in [-0.39, 0.29) is 34.5 Å². The highest BCUT2D eigenvalue weighted by molar-refractivity contribution is 5.76. The van der Waals surface area contributed by atoms with Gasteiger partial charge in [0.2, 0.25) is 0 Å². The second-order valence-electron chi connectivity index (χ2n) is 14.9. The normalized spacial score (nSPS) is 59.0. The molecule has 5 heteroatoms. The van der Waals surface area contributed by atoms with Crippen LogP contribution in [-0.2, 0) is 4.79 Å². The zero-order chi connectivity index (χ0) is 26.0. The van der Waals surface area contributed by atoms with Gasteiger partial charge < -0.3 is 20.4 Å². The average Bonchev–Trinajstić information content (AvgIpc) is 2.76. The summed E-state index contributed by atoms with van der Waals surface area (Å²) >= 11 is 0. The monoisotopic (exact) mass is 488 g/mol. The van der Waals surface area contributed by atoms with Crippen molar-refractivity contribution in [3.8, 4) is 0 Å². The Labute approximate surface area is 211 Å². The highest BCUT2D eigenvalue weighted by Crippen LogP contribution is 2.76. The fraction of sp³-hybridized carbons (Fsp3) is 0.900. The Morgan fingerprint density at radius 3 is 2.23 bits per heavy atom. The molecule has 5 aliphatic rings. The van der Waals surface area contributed by atoms with Crippen molar-refractivity contribution < 1.29 is 25.2 Å². The number of allylic oxidation sites excluding steroid dienone is 1. The van der Waals surface area contributed by atoms with Crippen molar-refractivity contribution in [2.75, 3.05) is 0 Å². The molecule has 0 radical (unpaired) electrons. The van der Waals surface area contributed by atoms with Gasteiger partial charge in [0, 0.05) is 11.3 Å². The van der Waals surface area contributed by atoms with Crippen molar-refractivity contribution >= 4 is 5.97 Å². The summed E-state index contributed by atoms with van der Waals surface area (Å²) in [6.45, 7) is 15.5. The molecule has 0 saturated heterocycles. The second-order valence-corrected chi connectivity index (χ2v) is 14.9. The standard InChI is InChI=1S/C30H48O5/c1-17-8-12-29(24(33)34)15-14-28(7)27(6)11-9-20-25(3,4)23(32)19(31)16-26(20,5)21(27)10-13-30(28,35)22(29)18(17)2/h10,13,17-23,31-32,35H,8-9,11-12,14-16H2,1-7H3,(H,33,34)/t17-,18+,19-,20+,21-,22-,23-,26+,27-,28+,29+,30+/m1/s1. The first kappa shape index (κ1) is 25.7. The number of aliphatic hydroxyl groups is 3. The Kier molecular flexibility index (Phi) is 5.40. The smallest absolute Gasteiger partial charge is 0.310 e. The van der Waals surface area contributed by atoms with Crippen LogP contribution in [0.3, 0.4) is 0 Å². The molecular formula is C30H48O5. The summed E-state index contributed by atoms with van der Waals surface area (Å²) in [6, 6.07) is 0. The Hall–Kier alpha value is -0.910. The number of carboxylic acid groups (broad SMARTS) is 1. The maximum absolute atomic E-state index is 12.8. The lowest BCUT2D eigenvalue weighted by Crippen LogP contribution is -2.74. The fourth-order valence-electron chi connectivity index (χ4n) is 11.2. The molecular weight excluding hydrogens is 440 g/mol. The van der Waals surface area contributed by atoms with E-state index >= 15 is 0 Å². The molecule has 0 aromatic rings. The number of carboxylic acids is 1. The van der Waals surface area contributed by atoms with Crippen LogP contribution in [0.15, 0.2) is 12.2 Å². The molecule has 12 atom stereocenters. The fourth-order valence-corrected chi connectivity index (χ4v) is 11.2. The molecule has 0 aliphatic heterocycles. The number of aliphatic carboxylic acids is 1. The number of fused-ring (bicyclic) bond motifs is 7. The minimum atomic E-state index is -1.19. The first-order valence-corrected chi connectivity index (χ1v) is 14.0. The number of hydrogen-bond donors (Lipinski definition) is 4. The predicted octanol–water partition coefficient (Wildman–Crippen LogP) is 5.03. The number of aliphatic hydroxyl groups excluding tert-OH is 2. The molecule has 5 nitrogen and oxygen atoms in total. The molecule has 5 aliphatic carbocycles. The van der Waals surface area contributed by atoms with Crippen molar-refractivity contribution in [1.82, 2.24) is 0 Å². The third-order valence-corrected chi connectivity index (χ3v) is 13.5. The number of rotatable bonds is 1. The van der Waals surface area contributed by atoms with Gasteiger partial charge in [0.05, 0.1) is 23.2 Å². The highest BCUT2D eigenvalue weighted by Gasteiger charge is 2.75. The van der Waals surface area contributed by atoms with Crippen molar-refractivity contribution in [2.24, 2.45) is 56.7 Å². The summed E-state index contributed by atoms with van der Waals surface area (Å²) in [5.41, 5.74) is -3.35. The third-order valence-electron chi connectivity index (χ3n) is 13.5. The lowest BCUT2D eigenvalue weighted by molar-refractivity contribution is -0.283. The highest BCUT2D eigenvalue weighted by atomic mass is 16.4. The van der Waals surface area contributed by atoms with Gasteiger partial charge >= 0.3 is 5.97 Å². The summed E-state index contributed by atoms with van der Waals surface area (Å²) in [4.78, 5) is 12.8. The van der Waals surface area contributed by atoms with Crippen LogP contribution >= 0.6 is 0 Å². The Morgan fingerprint density at radius 2 is 1.60 bits per heavy atom. The SMILES string of the molecule is C[C@H]1[C@H](C)CC[C@]2(C(=O)O)CC[C@]3(C)[C@](O)(C=C[C@@H]4[C@@]5(C)C[C@@H](O)[C@@H](O)C(C)(C)[C@@H]5CC[C@]43C)[C@H]12. The minimum Gasteiger partial charge on any atom is -0.481 e. The van der Waals surface area contributed by atoms with E-state index in [0.717, 1.165) is 19.3 Å². The predicted molar refractivity (Wildman–Crippen MR) is 135 cm³/mol. The van der Waals surface area contributed by atoms with Crippen LogP contribution in [0.4, 0.5) is 0 Å². The molecule has 0 aromatic heterocycles. The minimum absolute atomic E-state index is 0.117. The zero-order valence-electron chi connectivity index (χ0n) is 22.8. The summed E-state index contributed by atoms with van der Waals surface area (Å²) in [7, 11) is 0. The van der Waals surface area contributed by atoms with Gasteiger partial charge in [0.1, 0.15) is 0 Å². The van der Waals surface area contributed by atoms with Crippen LogP contribution in [0.5, 0.6) is 0 Å². The van der Waals surface area contributed by atoms with Crippen LogP contribution < -0.4 is 0 Å². The Balaban J connectivity index is 1.67. The van der Waals surface area contributed by atoms with E-state index < -0.39 is 40.0 Å². The Morgan fingerprint density at radius 1 is 0.943 bits per heavy atom. The number of hydrogen-bond acceptors (Lipinski definition) is 4. The van der Waals surface area contributed by atoms with Crippen molar-refractivity contribution in [1.29, 1.82) is 0 Å². The molecule has 5 rings (SSSR count). The molecule has 0 bridgehead atoms. The summed E-state index contributed by atoms with van der Waals surface area (Å²) < 4.78 is 0. The maximum Gasteiger partial charge on any atom is 0.310 e. The van der Waals surface area contributed by atoms with Gasteiger partial charge in [-0.05, 0) is 84.9 Å². The van der Waals surface area contributed by atoms with Crippen LogP contribution in [0.25, 0.3) is 0 Å². The van der Waals surface area contributed by atoms with Crippen LogP contribution in [0, 0.1) is 56.7 Å². The topological polar surface area (TPSA) is 98.0 Å². The quantitative estimate of drug-likeness (QED) is 0.388. The van der Waals surface area contributed by atoms with Crippen LogP contribution in [0.1, 0.15) is 93.4 Å². The van der Waals surface area contributed by atoms with Gasteiger partial charge in [-0.2, -0.15) is 0 Å². The van der Waals surface area contributed by atoms with E-state index in [1.165, 1.54) is 0 Å². The van der Waals surface area contributed by atoms with Gasteiger partial charge in [-0.25, -0.2) is 0 Å². The molecule has 0 spiro atoms. The summed E-state index contributed by atoms with van der Waals surface area (Å²) in [5, 5.41) is 45.2. The molecule has 35 heavy (non-hydrogen) atoms. The molecule has 0 amide bonds. The van der Waals surface area contributed by atoms with Gasteiger partial charge in [0.15, 0.2) is 0 Å². The Bertz CT molecular complexity index is 943. The first-order valence-electron chi connectivity index (χ1n) is 14.0. The number of carbonyl (C=O) groups is 1. The van der Waals surface area contributed by atoms with E-state index in [1.54, 1.807) is 0 Å². The summed E-state index contributed by atoms with van der Waals surface area (Å²) in [6.07, 6.45) is 8.03. The van der Waals surface area contributed by atoms with Gasteiger partial charge in [-0.1, -0.05) is 60.6 Å². The molecule has 4 fully saturated rings. The van der Waals surface area contributed by atoms with E-state index in [4.69, 9.17) is 0 Å². The molecule has 198 valence electrons. The van der Waals surface area contributed by atoms with E-state index in [2.05, 4.69) is 54.5 Å². The zero-order valence-corrected chi connectivity index (χ0v) is 22.8.